The summed E-state index contributed by atoms with van der Waals surface area (Å²) in [6.07, 6.45) is 0.857. The number of benzene rings is 3. The lowest BCUT2D eigenvalue weighted by Crippen LogP contribution is -2.62. The Hall–Kier alpha value is -2.56. The fraction of sp³-hybridized carbons (Fsp3) is 0.355. The van der Waals surface area contributed by atoms with Crippen LogP contribution >= 0.6 is 31.9 Å². The molecule has 0 bridgehead atoms. The van der Waals surface area contributed by atoms with E-state index in [-0.39, 0.29) is 24.1 Å². The zero-order chi connectivity index (χ0) is 28.3. The maximum absolute atomic E-state index is 14.7. The largest absolute Gasteiger partial charge is 0.491 e. The van der Waals surface area contributed by atoms with E-state index in [9.17, 15) is 9.59 Å². The molecule has 0 aromatic heterocycles. The normalized spacial score (nSPS) is 23.4. The van der Waals surface area contributed by atoms with E-state index >= 15 is 0 Å². The van der Waals surface area contributed by atoms with Gasteiger partial charge in [0.2, 0.25) is 0 Å². The number of nitrogens with zero attached hydrogens (tertiary/aromatic N) is 2. The molecule has 2 unspecified atom stereocenters. The summed E-state index contributed by atoms with van der Waals surface area (Å²) in [5, 5.41) is 7.58. The quantitative estimate of drug-likeness (QED) is 0.323. The summed E-state index contributed by atoms with van der Waals surface area (Å²) in [4.78, 5) is 29.8. The van der Waals surface area contributed by atoms with Crippen LogP contribution in [0.4, 0.5) is 0 Å². The third-order valence-electron chi connectivity index (χ3n) is 7.50. The predicted molar refractivity (Wildman–Crippen MR) is 163 cm³/mol. The number of rotatable bonds is 8. The third-order valence-corrected chi connectivity index (χ3v) is 8.56. The van der Waals surface area contributed by atoms with E-state index in [1.54, 1.807) is 0 Å². The molecule has 2 heterocycles. The van der Waals surface area contributed by atoms with Crippen molar-refractivity contribution in [2.24, 2.45) is 0 Å². The summed E-state index contributed by atoms with van der Waals surface area (Å²) < 4.78 is 8.26. The molecule has 2 aliphatic heterocycles. The number of para-hydroxylation sites is 1. The van der Waals surface area contributed by atoms with Crippen molar-refractivity contribution < 1.29 is 14.3 Å². The van der Waals surface area contributed by atoms with Crippen LogP contribution in [0.1, 0.15) is 42.6 Å². The number of hydrogen-bond donors (Lipinski definition) is 2. The number of carbonyl (C=O) groups excluding carboxylic acids is 2. The summed E-state index contributed by atoms with van der Waals surface area (Å²) in [5.41, 5.74) is 1.65. The Labute approximate surface area is 252 Å². The Balaban J connectivity index is 1.62. The minimum absolute atomic E-state index is 0.0558. The fourth-order valence-corrected chi connectivity index (χ4v) is 6.10. The Kier molecular flexibility index (Phi) is 9.07. The van der Waals surface area contributed by atoms with Crippen molar-refractivity contribution in [1.82, 2.24) is 20.4 Å². The zero-order valence-corrected chi connectivity index (χ0v) is 25.8. The van der Waals surface area contributed by atoms with E-state index in [0.717, 1.165) is 31.9 Å². The molecule has 3 aromatic rings. The van der Waals surface area contributed by atoms with Crippen LogP contribution in [0.15, 0.2) is 81.7 Å². The second-order valence-electron chi connectivity index (χ2n) is 10.5. The molecular formula is C31H34Br2N4O3. The Morgan fingerprint density at radius 1 is 0.900 bits per heavy atom. The molecule has 40 heavy (non-hydrogen) atoms. The molecule has 2 N–H and O–H groups in total. The van der Waals surface area contributed by atoms with E-state index < -0.39 is 5.66 Å². The number of halogens is 2. The van der Waals surface area contributed by atoms with Gasteiger partial charge in [0.15, 0.2) is 5.66 Å². The number of carbonyl (C=O) groups is 2. The first-order valence-electron chi connectivity index (χ1n) is 13.6. The number of amides is 1. The standard InChI is InChI=1S/C31H34Br2N4O3/c1-21(2)40-27-6-4-3-5-26(27)31(30(39)37-17-15-36(16-18-37)19-20-38)34-28(22-7-11-24(32)12-8-22)29(35-31)23-9-13-25(33)14-10-23/h3-14,20-21,28-29,34-35H,15-19H2,1-2H3. The van der Waals surface area contributed by atoms with Gasteiger partial charge < -0.3 is 14.4 Å². The maximum atomic E-state index is 14.7. The molecule has 1 amide bonds. The topological polar surface area (TPSA) is 73.9 Å². The highest BCUT2D eigenvalue weighted by atomic mass is 79.9. The van der Waals surface area contributed by atoms with Crippen LogP contribution in [0.2, 0.25) is 0 Å². The Morgan fingerprint density at radius 2 is 1.43 bits per heavy atom. The van der Waals surface area contributed by atoms with Gasteiger partial charge in [0, 0.05) is 40.7 Å². The molecule has 0 spiro atoms. The van der Waals surface area contributed by atoms with Crippen molar-refractivity contribution >= 4 is 44.1 Å². The number of piperazine rings is 1. The molecule has 2 atom stereocenters. The second kappa shape index (κ2) is 12.5. The van der Waals surface area contributed by atoms with E-state index in [1.807, 2.05) is 67.3 Å². The SMILES string of the molecule is CC(C)Oc1ccccc1C1(C(=O)N2CCN(CC=O)CC2)NC(c2ccc(Br)cc2)C(c2ccc(Br)cc2)N1. The number of aldehydes is 1. The Bertz CT molecular complexity index is 1270. The lowest BCUT2D eigenvalue weighted by atomic mass is 9.95. The first-order valence-corrected chi connectivity index (χ1v) is 15.2. The van der Waals surface area contributed by atoms with E-state index in [4.69, 9.17) is 4.74 Å². The van der Waals surface area contributed by atoms with Crippen LogP contribution in [0.5, 0.6) is 5.75 Å². The van der Waals surface area contributed by atoms with Gasteiger partial charge in [-0.25, -0.2) is 0 Å². The second-order valence-corrected chi connectivity index (χ2v) is 12.4. The van der Waals surface area contributed by atoms with Gasteiger partial charge in [-0.05, 0) is 55.3 Å². The van der Waals surface area contributed by atoms with Gasteiger partial charge >= 0.3 is 0 Å². The van der Waals surface area contributed by atoms with Crippen LogP contribution in [0.3, 0.4) is 0 Å². The van der Waals surface area contributed by atoms with E-state index in [0.29, 0.717) is 38.5 Å². The van der Waals surface area contributed by atoms with Crippen LogP contribution in [-0.4, -0.2) is 60.8 Å². The lowest BCUT2D eigenvalue weighted by molar-refractivity contribution is -0.141. The molecule has 0 aliphatic carbocycles. The van der Waals surface area contributed by atoms with Crippen molar-refractivity contribution in [2.45, 2.75) is 37.7 Å². The van der Waals surface area contributed by atoms with E-state index in [1.165, 1.54) is 0 Å². The van der Waals surface area contributed by atoms with Gasteiger partial charge in [0.1, 0.15) is 12.0 Å². The summed E-state index contributed by atoms with van der Waals surface area (Å²) >= 11 is 7.12. The monoisotopic (exact) mass is 668 g/mol. The minimum Gasteiger partial charge on any atom is -0.491 e. The molecule has 3 aromatic carbocycles. The molecule has 2 saturated heterocycles. The maximum Gasteiger partial charge on any atom is 0.262 e. The predicted octanol–water partition coefficient (Wildman–Crippen LogP) is 5.17. The molecule has 2 fully saturated rings. The van der Waals surface area contributed by atoms with Crippen LogP contribution in [-0.2, 0) is 15.3 Å². The molecule has 0 saturated carbocycles. The number of ether oxygens (including phenoxy) is 1. The summed E-state index contributed by atoms with van der Waals surface area (Å²) in [6, 6.07) is 23.8. The lowest BCUT2D eigenvalue weighted by Gasteiger charge is -2.40. The summed E-state index contributed by atoms with van der Waals surface area (Å²) in [6.45, 7) is 6.73. The van der Waals surface area contributed by atoms with Crippen LogP contribution < -0.4 is 15.4 Å². The molecular weight excluding hydrogens is 636 g/mol. The first kappa shape index (κ1) is 29.0. The highest BCUT2D eigenvalue weighted by Crippen LogP contribution is 2.44. The number of nitrogens with one attached hydrogen (secondary N) is 2. The molecule has 0 radical (unpaired) electrons. The Morgan fingerprint density at radius 3 is 1.93 bits per heavy atom. The van der Waals surface area contributed by atoms with Gasteiger partial charge in [-0.15, -0.1) is 0 Å². The van der Waals surface area contributed by atoms with Crippen molar-refractivity contribution in [2.75, 3.05) is 32.7 Å². The smallest absolute Gasteiger partial charge is 0.262 e. The minimum atomic E-state index is -1.24. The highest BCUT2D eigenvalue weighted by molar-refractivity contribution is 9.10. The summed E-state index contributed by atoms with van der Waals surface area (Å²) in [7, 11) is 0. The van der Waals surface area contributed by atoms with Gasteiger partial charge in [0.05, 0.1) is 24.7 Å². The van der Waals surface area contributed by atoms with Crippen molar-refractivity contribution in [3.63, 3.8) is 0 Å². The van der Waals surface area contributed by atoms with Crippen molar-refractivity contribution in [3.8, 4) is 5.75 Å². The van der Waals surface area contributed by atoms with Gasteiger partial charge in [-0.2, -0.15) is 0 Å². The fourth-order valence-electron chi connectivity index (χ4n) is 5.57. The van der Waals surface area contributed by atoms with Crippen LogP contribution in [0, 0.1) is 0 Å². The average molecular weight is 670 g/mol. The molecule has 7 nitrogen and oxygen atoms in total. The van der Waals surface area contributed by atoms with Crippen molar-refractivity contribution in [1.29, 1.82) is 0 Å². The molecule has 5 rings (SSSR count). The number of hydrogen-bond acceptors (Lipinski definition) is 6. The summed E-state index contributed by atoms with van der Waals surface area (Å²) in [5.74, 6) is 0.608. The molecule has 9 heteroatoms. The van der Waals surface area contributed by atoms with Gasteiger partial charge in [0.25, 0.3) is 5.91 Å². The molecule has 210 valence electrons. The average Bonchev–Trinajstić information content (AvgIpc) is 3.36. The van der Waals surface area contributed by atoms with E-state index in [2.05, 4.69) is 71.7 Å². The van der Waals surface area contributed by atoms with Crippen molar-refractivity contribution in [3.05, 3.63) is 98.4 Å². The van der Waals surface area contributed by atoms with Gasteiger partial charge in [-0.3, -0.25) is 20.3 Å². The van der Waals surface area contributed by atoms with Gasteiger partial charge in [-0.1, -0.05) is 74.3 Å². The van der Waals surface area contributed by atoms with Crippen LogP contribution in [0.25, 0.3) is 0 Å². The first-order chi connectivity index (χ1) is 19.3. The zero-order valence-electron chi connectivity index (χ0n) is 22.6. The highest BCUT2D eigenvalue weighted by Gasteiger charge is 2.54. The molecule has 2 aliphatic rings. The third kappa shape index (κ3) is 6.04.